The second kappa shape index (κ2) is 10.6. The third-order valence-electron chi connectivity index (χ3n) is 0.967. The summed E-state index contributed by atoms with van der Waals surface area (Å²) in [4.78, 5) is 9.45. The zero-order chi connectivity index (χ0) is 8.53. The minimum absolute atomic E-state index is 0. The van der Waals surface area contributed by atoms with Crippen LogP contribution in [0.4, 0.5) is 0 Å². The third kappa shape index (κ3) is 12.3. The average molecular weight is 337 g/mol. The van der Waals surface area contributed by atoms with Crippen LogP contribution in [-0.4, -0.2) is 5.97 Å². The summed E-state index contributed by atoms with van der Waals surface area (Å²) in [6.07, 6.45) is 10.5. The molecule has 0 heterocycles. The van der Waals surface area contributed by atoms with Gasteiger partial charge in [0.25, 0.3) is 0 Å². The molecule has 1 rings (SSSR count). The van der Waals surface area contributed by atoms with Gasteiger partial charge in [0.15, 0.2) is 0 Å². The monoisotopic (exact) mass is 338 g/mol. The minimum Gasteiger partial charge on any atom is -0.550 e. The van der Waals surface area contributed by atoms with Crippen molar-refractivity contribution in [2.24, 2.45) is 0 Å². The van der Waals surface area contributed by atoms with Crippen LogP contribution < -0.4 is 5.11 Å². The van der Waals surface area contributed by atoms with E-state index >= 15 is 0 Å². The van der Waals surface area contributed by atoms with Gasteiger partial charge in [-0.2, -0.15) is 12.5 Å². The van der Waals surface area contributed by atoms with Gasteiger partial charge in [-0.25, -0.2) is 12.2 Å². The van der Waals surface area contributed by atoms with E-state index in [0.29, 0.717) is 6.42 Å². The van der Waals surface area contributed by atoms with Crippen LogP contribution in [0, 0.1) is 13.0 Å². The quantitative estimate of drug-likeness (QED) is 0.695. The van der Waals surface area contributed by atoms with Crippen molar-refractivity contribution in [1.29, 1.82) is 0 Å². The van der Waals surface area contributed by atoms with Crippen molar-refractivity contribution in [3.05, 3.63) is 31.2 Å². The summed E-state index contributed by atoms with van der Waals surface area (Å²) >= 11 is 0. The second-order valence-electron chi connectivity index (χ2n) is 1.98. The number of allylic oxidation sites excluding steroid dienone is 4. The molecule has 1 radical (unpaired) electrons. The topological polar surface area (TPSA) is 40.1 Å². The molecule has 0 unspecified atom stereocenters. The predicted octanol–water partition coefficient (Wildman–Crippen LogP) is 0.654. The fourth-order valence-electron chi connectivity index (χ4n) is 0.485. The van der Waals surface area contributed by atoms with Crippen LogP contribution in [-0.2, 0) is 25.2 Å². The maximum absolute atomic E-state index is 9.45. The smallest absolute Gasteiger partial charge is 0.0388 e. The Kier molecular flexibility index (Phi) is 12.5. The molecule has 0 fully saturated rings. The first-order valence-corrected chi connectivity index (χ1v) is 3.48. The molecule has 0 aromatic carbocycles. The van der Waals surface area contributed by atoms with Crippen LogP contribution >= 0.6 is 0 Å². The van der Waals surface area contributed by atoms with Gasteiger partial charge in [-0.05, 0) is 6.42 Å². The van der Waals surface area contributed by atoms with Gasteiger partial charge in [-0.1, -0.05) is 0 Å². The fraction of sp³-hybridized carbons (Fsp3) is 0.333. The molecule has 0 saturated heterocycles. The molecule has 0 bridgehead atoms. The summed E-state index contributed by atoms with van der Waals surface area (Å²) < 4.78 is 0. The number of carbonyl (C=O) groups is 1. The van der Waals surface area contributed by atoms with Crippen molar-refractivity contribution in [3.63, 3.8) is 0 Å². The van der Waals surface area contributed by atoms with Crippen LogP contribution in [0.3, 0.4) is 0 Å². The largest absolute Gasteiger partial charge is 0.550 e. The molecule has 1 aliphatic rings. The van der Waals surface area contributed by atoms with Gasteiger partial charge in [-0.15, -0.1) is 6.42 Å². The SMILES string of the molecule is [C-]1=CC=CC1.[CH2-]CCC(=O)[O-].[Re]. The molecule has 0 aromatic heterocycles. The first kappa shape index (κ1) is 14.2. The maximum atomic E-state index is 9.45. The van der Waals surface area contributed by atoms with Crippen LogP contribution in [0.15, 0.2) is 18.2 Å². The summed E-state index contributed by atoms with van der Waals surface area (Å²) in [5.74, 6) is -1.02. The van der Waals surface area contributed by atoms with Crippen molar-refractivity contribution >= 4 is 5.97 Å². The predicted molar refractivity (Wildman–Crippen MR) is 41.2 cm³/mol. The number of hydrogen-bond acceptors (Lipinski definition) is 2. The summed E-state index contributed by atoms with van der Waals surface area (Å²) in [7, 11) is 0. The van der Waals surface area contributed by atoms with E-state index in [2.05, 4.69) is 19.1 Å². The van der Waals surface area contributed by atoms with Gasteiger partial charge in [0.2, 0.25) is 0 Å². The van der Waals surface area contributed by atoms with Crippen LogP contribution in [0.5, 0.6) is 0 Å². The number of rotatable bonds is 2. The van der Waals surface area contributed by atoms with E-state index < -0.39 is 5.97 Å². The average Bonchev–Trinajstić information content (AvgIpc) is 2.41. The Labute approximate surface area is 87.0 Å². The van der Waals surface area contributed by atoms with E-state index in [-0.39, 0.29) is 26.8 Å². The maximum Gasteiger partial charge on any atom is 0.0388 e. The summed E-state index contributed by atoms with van der Waals surface area (Å²) in [6, 6.07) is 0. The number of carboxylic acid groups (broad SMARTS) is 1. The molecule has 1 aliphatic carbocycles. The van der Waals surface area contributed by atoms with E-state index in [0.717, 1.165) is 6.42 Å². The first-order chi connectivity index (χ1) is 5.27. The molecule has 0 spiro atoms. The van der Waals surface area contributed by atoms with Gasteiger partial charge < -0.3 is 16.8 Å². The minimum atomic E-state index is -1.02. The van der Waals surface area contributed by atoms with Gasteiger partial charge in [0.05, 0.1) is 0 Å². The van der Waals surface area contributed by atoms with Crippen LogP contribution in [0.25, 0.3) is 0 Å². The molecule has 0 atom stereocenters. The van der Waals surface area contributed by atoms with Crippen LogP contribution in [0.2, 0.25) is 0 Å². The molecule has 0 aromatic rings. The Morgan fingerprint density at radius 2 is 2.33 bits per heavy atom. The molecule has 12 heavy (non-hydrogen) atoms. The number of carbonyl (C=O) groups excluding carboxylic acids is 1. The van der Waals surface area contributed by atoms with Gasteiger partial charge in [0.1, 0.15) is 0 Å². The molecule has 0 N–H and O–H groups in total. The van der Waals surface area contributed by atoms with Gasteiger partial charge in [-0.3, -0.25) is 6.08 Å². The van der Waals surface area contributed by atoms with E-state index in [1.54, 1.807) is 0 Å². The van der Waals surface area contributed by atoms with Crippen molar-refractivity contribution in [2.45, 2.75) is 19.3 Å². The van der Waals surface area contributed by atoms with Crippen molar-refractivity contribution in [1.82, 2.24) is 0 Å². The zero-order valence-corrected chi connectivity index (χ0v) is 9.47. The fourth-order valence-corrected chi connectivity index (χ4v) is 0.485. The Hall–Kier alpha value is -0.388. The van der Waals surface area contributed by atoms with Crippen molar-refractivity contribution in [3.8, 4) is 0 Å². The molecule has 2 nitrogen and oxygen atoms in total. The molecule has 0 aliphatic heterocycles. The third-order valence-corrected chi connectivity index (χ3v) is 0.967. The molecule has 69 valence electrons. The summed E-state index contributed by atoms with van der Waals surface area (Å²) in [5, 5.41) is 9.45. The number of aliphatic carboxylic acids is 1. The molecular weight excluding hydrogens is 326 g/mol. The Morgan fingerprint density at radius 1 is 1.67 bits per heavy atom. The first-order valence-electron chi connectivity index (χ1n) is 3.48. The van der Waals surface area contributed by atoms with Crippen molar-refractivity contribution < 1.29 is 30.3 Å². The number of carboxylic acids is 1. The summed E-state index contributed by atoms with van der Waals surface area (Å²) in [6.45, 7) is 3.30. The molecule has 0 saturated carbocycles. The molecule has 0 amide bonds. The second-order valence-corrected chi connectivity index (χ2v) is 1.98. The van der Waals surface area contributed by atoms with E-state index in [1.807, 2.05) is 12.2 Å². The normalized spacial score (nSPS) is 11.4. The molecular formula is C9H11O2Re-3. The van der Waals surface area contributed by atoms with Gasteiger partial charge in [0, 0.05) is 26.4 Å². The van der Waals surface area contributed by atoms with Crippen molar-refractivity contribution in [2.75, 3.05) is 0 Å². The standard InChI is InChI=1S/C5H5.C4H7O2.Re/c1-2-4-5-3-1;1-2-3-4(5)6;/h1-3H,4H2;1-3H2,(H,5,6);/q2*-1;/p-1. The van der Waals surface area contributed by atoms with E-state index in [1.165, 1.54) is 0 Å². The molecule has 3 heteroatoms. The number of hydrogen-bond donors (Lipinski definition) is 0. The Morgan fingerprint density at radius 3 is 2.42 bits per heavy atom. The zero-order valence-electron chi connectivity index (χ0n) is 6.75. The van der Waals surface area contributed by atoms with E-state index in [4.69, 9.17) is 0 Å². The van der Waals surface area contributed by atoms with Crippen LogP contribution in [0.1, 0.15) is 19.3 Å². The van der Waals surface area contributed by atoms with Gasteiger partial charge >= 0.3 is 0 Å². The Balaban J connectivity index is 0. The summed E-state index contributed by atoms with van der Waals surface area (Å²) in [5.41, 5.74) is 0. The Bertz CT molecular complexity index is 152. The van der Waals surface area contributed by atoms with E-state index in [9.17, 15) is 9.90 Å².